The Morgan fingerprint density at radius 2 is 2.00 bits per heavy atom. The van der Waals surface area contributed by atoms with Crippen molar-refractivity contribution in [3.8, 4) is 0 Å². The minimum absolute atomic E-state index is 0.108. The molecule has 0 aromatic rings. The Balaban J connectivity index is 2.28. The first kappa shape index (κ1) is 10.4. The Bertz CT molecular complexity index is 162. The van der Waals surface area contributed by atoms with Crippen LogP contribution in [0, 0.1) is 5.92 Å². The van der Waals surface area contributed by atoms with E-state index in [2.05, 4.69) is 12.2 Å². The van der Waals surface area contributed by atoms with Gasteiger partial charge in [0, 0.05) is 19.6 Å². The number of hydrogen-bond acceptors (Lipinski definition) is 1. The average molecular weight is 184 g/mol. The van der Waals surface area contributed by atoms with Gasteiger partial charge in [-0.15, -0.1) is 0 Å². The Labute approximate surface area is 80.5 Å². The van der Waals surface area contributed by atoms with Gasteiger partial charge in [0.15, 0.2) is 0 Å². The standard InChI is InChI=1S/C10H20N2O/c1-3-9-5-7-12(8-6-9)10(13)11-4-2/h9H,3-8H2,1-2H3,(H,11,13). The second kappa shape index (κ2) is 5.10. The van der Waals surface area contributed by atoms with Gasteiger partial charge in [-0.3, -0.25) is 0 Å². The van der Waals surface area contributed by atoms with Crippen LogP contribution in [-0.2, 0) is 0 Å². The Hall–Kier alpha value is -0.730. The topological polar surface area (TPSA) is 32.3 Å². The maximum Gasteiger partial charge on any atom is 0.317 e. The van der Waals surface area contributed by atoms with Gasteiger partial charge in [0.25, 0.3) is 0 Å². The van der Waals surface area contributed by atoms with Gasteiger partial charge in [0.2, 0.25) is 0 Å². The van der Waals surface area contributed by atoms with Gasteiger partial charge in [0.1, 0.15) is 0 Å². The number of nitrogens with zero attached hydrogens (tertiary/aromatic N) is 1. The lowest BCUT2D eigenvalue weighted by Gasteiger charge is -2.31. The number of amides is 2. The van der Waals surface area contributed by atoms with Crippen molar-refractivity contribution < 1.29 is 4.79 Å². The Kier molecular flexibility index (Phi) is 4.06. The molecule has 0 aliphatic carbocycles. The monoisotopic (exact) mass is 184 g/mol. The van der Waals surface area contributed by atoms with E-state index in [9.17, 15) is 4.79 Å². The fourth-order valence-electron chi connectivity index (χ4n) is 1.81. The lowest BCUT2D eigenvalue weighted by Crippen LogP contribution is -2.44. The quantitative estimate of drug-likeness (QED) is 0.697. The number of nitrogens with one attached hydrogen (secondary N) is 1. The molecule has 0 aromatic carbocycles. The molecule has 1 aliphatic rings. The molecule has 1 rings (SSSR count). The van der Waals surface area contributed by atoms with Crippen molar-refractivity contribution in [2.75, 3.05) is 19.6 Å². The van der Waals surface area contributed by atoms with E-state index in [4.69, 9.17) is 0 Å². The summed E-state index contributed by atoms with van der Waals surface area (Å²) in [6.45, 7) is 6.78. The summed E-state index contributed by atoms with van der Waals surface area (Å²) in [6.07, 6.45) is 3.60. The van der Waals surface area contributed by atoms with Crippen LogP contribution >= 0.6 is 0 Å². The number of urea groups is 1. The summed E-state index contributed by atoms with van der Waals surface area (Å²) < 4.78 is 0. The van der Waals surface area contributed by atoms with E-state index in [0.29, 0.717) is 0 Å². The third kappa shape index (κ3) is 2.90. The van der Waals surface area contributed by atoms with Crippen LogP contribution in [-0.4, -0.2) is 30.6 Å². The zero-order valence-electron chi connectivity index (χ0n) is 8.68. The molecular weight excluding hydrogens is 164 g/mol. The summed E-state index contributed by atoms with van der Waals surface area (Å²) in [6, 6.07) is 0.108. The van der Waals surface area contributed by atoms with Gasteiger partial charge >= 0.3 is 6.03 Å². The molecule has 1 saturated heterocycles. The van der Waals surface area contributed by atoms with Gasteiger partial charge in [-0.05, 0) is 25.7 Å². The van der Waals surface area contributed by atoms with Crippen LogP contribution in [0.1, 0.15) is 33.1 Å². The molecule has 0 saturated carbocycles. The lowest BCUT2D eigenvalue weighted by atomic mass is 9.95. The summed E-state index contributed by atoms with van der Waals surface area (Å²) in [5.41, 5.74) is 0. The van der Waals surface area contributed by atoms with Crippen LogP contribution in [0.15, 0.2) is 0 Å². The smallest absolute Gasteiger partial charge is 0.317 e. The van der Waals surface area contributed by atoms with Crippen molar-refractivity contribution in [2.24, 2.45) is 5.92 Å². The normalized spacial score (nSPS) is 18.8. The molecule has 13 heavy (non-hydrogen) atoms. The van der Waals surface area contributed by atoms with Crippen molar-refractivity contribution in [3.05, 3.63) is 0 Å². The van der Waals surface area contributed by atoms with E-state index in [1.54, 1.807) is 0 Å². The molecule has 0 bridgehead atoms. The second-order valence-electron chi connectivity index (χ2n) is 3.67. The van der Waals surface area contributed by atoms with Crippen LogP contribution < -0.4 is 5.32 Å². The highest BCUT2D eigenvalue weighted by molar-refractivity contribution is 5.74. The second-order valence-corrected chi connectivity index (χ2v) is 3.67. The SMILES string of the molecule is CCNC(=O)N1CCC(CC)CC1. The van der Waals surface area contributed by atoms with E-state index < -0.39 is 0 Å². The predicted octanol–water partition coefficient (Wildman–Crippen LogP) is 1.84. The van der Waals surface area contributed by atoms with Crippen LogP contribution in [0.2, 0.25) is 0 Å². The maximum absolute atomic E-state index is 11.4. The lowest BCUT2D eigenvalue weighted by molar-refractivity contribution is 0.170. The average Bonchev–Trinajstić information content (AvgIpc) is 2.18. The van der Waals surface area contributed by atoms with Crippen molar-refractivity contribution in [2.45, 2.75) is 33.1 Å². The van der Waals surface area contributed by atoms with Crippen LogP contribution in [0.4, 0.5) is 4.79 Å². The Morgan fingerprint density at radius 1 is 1.38 bits per heavy atom. The molecule has 3 heteroatoms. The summed E-state index contributed by atoms with van der Waals surface area (Å²) >= 11 is 0. The molecular formula is C10H20N2O. The number of hydrogen-bond donors (Lipinski definition) is 1. The fraction of sp³-hybridized carbons (Fsp3) is 0.900. The summed E-state index contributed by atoms with van der Waals surface area (Å²) in [4.78, 5) is 13.3. The third-order valence-electron chi connectivity index (χ3n) is 2.81. The van der Waals surface area contributed by atoms with Crippen molar-refractivity contribution in [3.63, 3.8) is 0 Å². The predicted molar refractivity (Wildman–Crippen MR) is 53.7 cm³/mol. The maximum atomic E-state index is 11.4. The van der Waals surface area contributed by atoms with Crippen molar-refractivity contribution >= 4 is 6.03 Å². The van der Waals surface area contributed by atoms with Crippen LogP contribution in [0.5, 0.6) is 0 Å². The summed E-state index contributed by atoms with van der Waals surface area (Å²) in [5.74, 6) is 0.839. The van der Waals surface area contributed by atoms with Crippen molar-refractivity contribution in [1.29, 1.82) is 0 Å². The molecule has 76 valence electrons. The van der Waals surface area contributed by atoms with E-state index in [1.807, 2.05) is 11.8 Å². The largest absolute Gasteiger partial charge is 0.338 e. The number of piperidine rings is 1. The van der Waals surface area contributed by atoms with E-state index in [0.717, 1.165) is 25.6 Å². The zero-order valence-corrected chi connectivity index (χ0v) is 8.68. The molecule has 2 amide bonds. The highest BCUT2D eigenvalue weighted by Crippen LogP contribution is 2.19. The van der Waals surface area contributed by atoms with Crippen LogP contribution in [0.25, 0.3) is 0 Å². The number of carbonyl (C=O) groups is 1. The van der Waals surface area contributed by atoms with Crippen LogP contribution in [0.3, 0.4) is 0 Å². The minimum Gasteiger partial charge on any atom is -0.338 e. The Morgan fingerprint density at radius 3 is 2.46 bits per heavy atom. The molecule has 1 N–H and O–H groups in total. The molecule has 0 radical (unpaired) electrons. The van der Waals surface area contributed by atoms with Gasteiger partial charge in [0.05, 0.1) is 0 Å². The number of likely N-dealkylation sites (tertiary alicyclic amines) is 1. The first-order chi connectivity index (χ1) is 6.27. The summed E-state index contributed by atoms with van der Waals surface area (Å²) in [7, 11) is 0. The first-order valence-corrected chi connectivity index (χ1v) is 5.30. The highest BCUT2D eigenvalue weighted by Gasteiger charge is 2.20. The van der Waals surface area contributed by atoms with Gasteiger partial charge in [-0.25, -0.2) is 4.79 Å². The molecule has 0 spiro atoms. The molecule has 1 heterocycles. The molecule has 0 atom stereocenters. The van der Waals surface area contributed by atoms with Crippen molar-refractivity contribution in [1.82, 2.24) is 10.2 Å². The molecule has 0 unspecified atom stereocenters. The molecule has 0 aromatic heterocycles. The minimum atomic E-state index is 0.108. The van der Waals surface area contributed by atoms with E-state index >= 15 is 0 Å². The molecule has 1 aliphatic heterocycles. The molecule has 1 fully saturated rings. The van der Waals surface area contributed by atoms with E-state index in [1.165, 1.54) is 19.3 Å². The van der Waals surface area contributed by atoms with Gasteiger partial charge in [-0.1, -0.05) is 13.3 Å². The molecule has 3 nitrogen and oxygen atoms in total. The van der Waals surface area contributed by atoms with Gasteiger partial charge in [-0.2, -0.15) is 0 Å². The first-order valence-electron chi connectivity index (χ1n) is 5.30. The highest BCUT2D eigenvalue weighted by atomic mass is 16.2. The third-order valence-corrected chi connectivity index (χ3v) is 2.81. The fourth-order valence-corrected chi connectivity index (χ4v) is 1.81. The van der Waals surface area contributed by atoms with Gasteiger partial charge < -0.3 is 10.2 Å². The summed E-state index contributed by atoms with van der Waals surface area (Å²) in [5, 5.41) is 2.84. The number of rotatable bonds is 2. The number of carbonyl (C=O) groups excluding carboxylic acids is 1. The van der Waals surface area contributed by atoms with E-state index in [-0.39, 0.29) is 6.03 Å². The zero-order chi connectivity index (χ0) is 9.68.